The quantitative estimate of drug-likeness (QED) is 0.477. The second-order valence-corrected chi connectivity index (χ2v) is 7.68. The first-order chi connectivity index (χ1) is 10.7. The Bertz CT molecular complexity index is 732. The van der Waals surface area contributed by atoms with Crippen molar-refractivity contribution in [3.8, 4) is 0 Å². The number of carbonyl (C=O) groups excluding carboxylic acids is 1. The molecule has 1 atom stereocenters. The molecule has 8 nitrogen and oxygen atoms in total. The SMILES string of the molecule is CC(=O)c1cc(NC[C@H]2CCN(S(C)(=O)=O)C2)ccc1[N+](=O)[O-]. The minimum atomic E-state index is -3.17. The van der Waals surface area contributed by atoms with Crippen LogP contribution in [-0.2, 0) is 10.0 Å². The Hall–Kier alpha value is -2.00. The third-order valence-corrected chi connectivity index (χ3v) is 5.15. The van der Waals surface area contributed by atoms with Gasteiger partial charge in [-0.15, -0.1) is 0 Å². The van der Waals surface area contributed by atoms with Gasteiger partial charge in [-0.25, -0.2) is 12.7 Å². The molecule has 0 radical (unpaired) electrons. The molecule has 1 heterocycles. The Kier molecular flexibility index (Phi) is 5.00. The highest BCUT2D eigenvalue weighted by Gasteiger charge is 2.28. The zero-order chi connectivity index (χ0) is 17.2. The third kappa shape index (κ3) is 4.26. The predicted octanol–water partition coefficient (Wildman–Crippen LogP) is 1.49. The lowest BCUT2D eigenvalue weighted by Crippen LogP contribution is -2.28. The molecule has 0 aromatic heterocycles. The number of Topliss-reactive ketones (excluding diaryl/α,β-unsaturated/α-hetero) is 1. The van der Waals surface area contributed by atoms with Gasteiger partial charge in [0.25, 0.3) is 5.69 Å². The number of carbonyl (C=O) groups is 1. The summed E-state index contributed by atoms with van der Waals surface area (Å²) in [6.45, 7) is 2.79. The lowest BCUT2D eigenvalue weighted by molar-refractivity contribution is -0.385. The highest BCUT2D eigenvalue weighted by molar-refractivity contribution is 7.88. The van der Waals surface area contributed by atoms with Crippen LogP contribution in [-0.4, -0.2) is 49.3 Å². The molecule has 0 unspecified atom stereocenters. The van der Waals surface area contributed by atoms with E-state index in [0.717, 1.165) is 6.42 Å². The van der Waals surface area contributed by atoms with Gasteiger partial charge in [-0.1, -0.05) is 0 Å². The molecule has 0 saturated carbocycles. The van der Waals surface area contributed by atoms with Crippen molar-refractivity contribution in [1.29, 1.82) is 0 Å². The first-order valence-electron chi connectivity index (χ1n) is 7.17. The Morgan fingerprint density at radius 3 is 2.70 bits per heavy atom. The van der Waals surface area contributed by atoms with Gasteiger partial charge >= 0.3 is 0 Å². The molecule has 1 N–H and O–H groups in total. The molecule has 2 rings (SSSR count). The Labute approximate surface area is 134 Å². The van der Waals surface area contributed by atoms with Crippen LogP contribution in [0.2, 0.25) is 0 Å². The number of nitro benzene ring substituents is 1. The van der Waals surface area contributed by atoms with Crippen LogP contribution in [0.4, 0.5) is 11.4 Å². The van der Waals surface area contributed by atoms with E-state index < -0.39 is 14.9 Å². The summed E-state index contributed by atoms with van der Waals surface area (Å²) in [5.41, 5.74) is 0.454. The van der Waals surface area contributed by atoms with E-state index >= 15 is 0 Å². The topological polar surface area (TPSA) is 110 Å². The summed E-state index contributed by atoms with van der Waals surface area (Å²) in [7, 11) is -3.17. The van der Waals surface area contributed by atoms with E-state index in [1.807, 2.05) is 0 Å². The summed E-state index contributed by atoms with van der Waals surface area (Å²) in [4.78, 5) is 21.9. The van der Waals surface area contributed by atoms with Gasteiger partial charge in [0.15, 0.2) is 5.78 Å². The van der Waals surface area contributed by atoms with Crippen molar-refractivity contribution >= 4 is 27.2 Å². The number of anilines is 1. The number of benzene rings is 1. The van der Waals surface area contributed by atoms with Crippen molar-refractivity contribution < 1.29 is 18.1 Å². The number of nitro groups is 1. The normalized spacial score (nSPS) is 18.8. The fraction of sp³-hybridized carbons (Fsp3) is 0.500. The van der Waals surface area contributed by atoms with Crippen molar-refractivity contribution in [2.24, 2.45) is 5.92 Å². The third-order valence-electron chi connectivity index (χ3n) is 3.89. The largest absolute Gasteiger partial charge is 0.385 e. The van der Waals surface area contributed by atoms with Gasteiger partial charge in [0.2, 0.25) is 10.0 Å². The van der Waals surface area contributed by atoms with E-state index in [1.165, 1.54) is 29.6 Å². The fourth-order valence-electron chi connectivity index (χ4n) is 2.61. The predicted molar refractivity (Wildman–Crippen MR) is 86.1 cm³/mol. The van der Waals surface area contributed by atoms with E-state index in [0.29, 0.717) is 25.3 Å². The van der Waals surface area contributed by atoms with Crippen LogP contribution in [0.25, 0.3) is 0 Å². The van der Waals surface area contributed by atoms with Gasteiger partial charge < -0.3 is 5.32 Å². The van der Waals surface area contributed by atoms with Crippen LogP contribution in [0.1, 0.15) is 23.7 Å². The molecule has 1 aromatic carbocycles. The average molecular weight is 341 g/mol. The standard InChI is InChI=1S/C14H19N3O5S/c1-10(18)13-7-12(3-4-14(13)17(19)20)15-8-11-5-6-16(9-11)23(2,21)22/h3-4,7,11,15H,5-6,8-9H2,1-2H3/t11-/m1/s1. The monoisotopic (exact) mass is 341 g/mol. The molecule has 1 saturated heterocycles. The zero-order valence-electron chi connectivity index (χ0n) is 13.0. The van der Waals surface area contributed by atoms with E-state index in [1.54, 1.807) is 6.07 Å². The minimum absolute atomic E-state index is 0.0594. The molecule has 1 aromatic rings. The van der Waals surface area contributed by atoms with Crippen LogP contribution in [0.15, 0.2) is 18.2 Å². The molecule has 0 bridgehead atoms. The van der Waals surface area contributed by atoms with Crippen LogP contribution < -0.4 is 5.32 Å². The van der Waals surface area contributed by atoms with Gasteiger partial charge in [-0.3, -0.25) is 14.9 Å². The van der Waals surface area contributed by atoms with Gasteiger partial charge in [0.1, 0.15) is 0 Å². The van der Waals surface area contributed by atoms with Crippen molar-refractivity contribution in [1.82, 2.24) is 4.31 Å². The first kappa shape index (κ1) is 17.4. The Morgan fingerprint density at radius 2 is 2.17 bits per heavy atom. The van der Waals surface area contributed by atoms with E-state index in [4.69, 9.17) is 0 Å². The molecule has 0 amide bonds. The second-order valence-electron chi connectivity index (χ2n) is 5.70. The Balaban J connectivity index is 2.03. The molecule has 1 aliphatic heterocycles. The maximum atomic E-state index is 11.5. The molecular formula is C14H19N3O5S. The van der Waals surface area contributed by atoms with Crippen LogP contribution in [0.3, 0.4) is 0 Å². The number of ketones is 1. The van der Waals surface area contributed by atoms with E-state index in [9.17, 15) is 23.3 Å². The van der Waals surface area contributed by atoms with Gasteiger partial charge in [0.05, 0.1) is 16.7 Å². The highest BCUT2D eigenvalue weighted by Crippen LogP contribution is 2.24. The second kappa shape index (κ2) is 6.63. The summed E-state index contributed by atoms with van der Waals surface area (Å²) in [6.07, 6.45) is 1.95. The van der Waals surface area contributed by atoms with E-state index in [2.05, 4.69) is 5.32 Å². The lowest BCUT2D eigenvalue weighted by atomic mass is 10.1. The van der Waals surface area contributed by atoms with Crippen LogP contribution in [0, 0.1) is 16.0 Å². The summed E-state index contributed by atoms with van der Waals surface area (Å²) in [5, 5.41) is 14.0. The number of hydrogen-bond acceptors (Lipinski definition) is 6. The van der Waals surface area contributed by atoms with Gasteiger partial charge in [-0.2, -0.15) is 0 Å². The number of nitrogens with zero attached hydrogens (tertiary/aromatic N) is 2. The molecular weight excluding hydrogens is 322 g/mol. The minimum Gasteiger partial charge on any atom is -0.385 e. The Morgan fingerprint density at radius 1 is 1.48 bits per heavy atom. The van der Waals surface area contributed by atoms with Crippen molar-refractivity contribution in [3.63, 3.8) is 0 Å². The van der Waals surface area contributed by atoms with Crippen molar-refractivity contribution in [2.45, 2.75) is 13.3 Å². The summed E-state index contributed by atoms with van der Waals surface area (Å²) < 4.78 is 24.4. The smallest absolute Gasteiger partial charge is 0.280 e. The summed E-state index contributed by atoms with van der Waals surface area (Å²) in [6, 6.07) is 4.31. The van der Waals surface area contributed by atoms with Gasteiger partial charge in [-0.05, 0) is 31.4 Å². The zero-order valence-corrected chi connectivity index (χ0v) is 13.8. The molecule has 126 valence electrons. The van der Waals surface area contributed by atoms with Gasteiger partial charge in [0, 0.05) is 31.4 Å². The number of nitrogens with one attached hydrogen (secondary N) is 1. The van der Waals surface area contributed by atoms with E-state index in [-0.39, 0.29) is 23.0 Å². The first-order valence-corrected chi connectivity index (χ1v) is 9.01. The number of sulfonamides is 1. The molecule has 0 spiro atoms. The molecule has 9 heteroatoms. The average Bonchev–Trinajstić information content (AvgIpc) is 2.93. The van der Waals surface area contributed by atoms with Crippen LogP contribution in [0.5, 0.6) is 0 Å². The molecule has 23 heavy (non-hydrogen) atoms. The molecule has 1 fully saturated rings. The molecule has 1 aliphatic rings. The summed E-state index contributed by atoms with van der Waals surface area (Å²) in [5.74, 6) is -0.204. The fourth-order valence-corrected chi connectivity index (χ4v) is 3.53. The lowest BCUT2D eigenvalue weighted by Gasteiger charge is -2.14. The van der Waals surface area contributed by atoms with Crippen molar-refractivity contribution in [2.75, 3.05) is 31.2 Å². The maximum Gasteiger partial charge on any atom is 0.280 e. The number of rotatable bonds is 6. The van der Waals surface area contributed by atoms with Crippen molar-refractivity contribution in [3.05, 3.63) is 33.9 Å². The summed E-state index contributed by atoms with van der Waals surface area (Å²) >= 11 is 0. The number of hydrogen-bond donors (Lipinski definition) is 1. The van der Waals surface area contributed by atoms with Crippen LogP contribution >= 0.6 is 0 Å². The maximum absolute atomic E-state index is 11.5. The highest BCUT2D eigenvalue weighted by atomic mass is 32.2. The molecule has 0 aliphatic carbocycles.